The summed E-state index contributed by atoms with van der Waals surface area (Å²) in [5.74, 6) is 0.607. The van der Waals surface area contributed by atoms with Crippen LogP contribution in [0.4, 0.5) is 0 Å². The van der Waals surface area contributed by atoms with Gasteiger partial charge < -0.3 is 0 Å². The number of hydrogen-bond acceptors (Lipinski definition) is 2. The van der Waals surface area contributed by atoms with Crippen molar-refractivity contribution >= 4 is 44.8 Å². The molecule has 0 bridgehead atoms. The van der Waals surface area contributed by atoms with E-state index in [9.17, 15) is 0 Å². The number of aliphatic imine (C=N–C) groups is 2. The Bertz CT molecular complexity index is 2490. The molecule has 0 aliphatic carbocycles. The van der Waals surface area contributed by atoms with E-state index in [1.165, 1.54) is 5.39 Å². The zero-order valence-electron chi connectivity index (χ0n) is 26.6. The van der Waals surface area contributed by atoms with E-state index < -0.39 is 0 Å². The number of hydrogen-bond donors (Lipinski definition) is 0. The van der Waals surface area contributed by atoms with Gasteiger partial charge in [0.05, 0.1) is 22.2 Å². The van der Waals surface area contributed by atoms with Crippen LogP contribution in [0.25, 0.3) is 55.5 Å². The first-order valence-electron chi connectivity index (χ1n) is 16.1. The molecule has 6 aromatic carbocycles. The van der Waals surface area contributed by atoms with Crippen LogP contribution in [0.2, 0.25) is 0 Å². The minimum atomic E-state index is 0.607. The van der Waals surface area contributed by atoms with Gasteiger partial charge in [-0.15, -0.1) is 0 Å². The van der Waals surface area contributed by atoms with Gasteiger partial charge in [-0.25, -0.2) is 15.0 Å². The number of para-hydroxylation sites is 3. The Morgan fingerprint density at radius 3 is 1.79 bits per heavy atom. The molecule has 0 aliphatic heterocycles. The molecule has 2 aromatic heterocycles. The Kier molecular flexibility index (Phi) is 7.52. The Morgan fingerprint density at radius 2 is 1.08 bits per heavy atom. The van der Waals surface area contributed by atoms with E-state index >= 15 is 0 Å². The van der Waals surface area contributed by atoms with E-state index in [0.29, 0.717) is 11.5 Å². The van der Waals surface area contributed by atoms with Gasteiger partial charge in [0, 0.05) is 27.8 Å². The van der Waals surface area contributed by atoms with Crippen molar-refractivity contribution in [2.75, 3.05) is 0 Å². The molecule has 4 nitrogen and oxygen atoms in total. The first-order valence-corrected chi connectivity index (χ1v) is 16.1. The minimum absolute atomic E-state index is 0.607. The molecule has 0 spiro atoms. The molecule has 2 heterocycles. The molecule has 0 N–H and O–H groups in total. The molecule has 0 unspecified atom stereocenters. The summed E-state index contributed by atoms with van der Waals surface area (Å²) in [6, 6.07) is 56.3. The maximum Gasteiger partial charge on any atom is 0.160 e. The van der Waals surface area contributed by atoms with E-state index in [0.717, 1.165) is 66.9 Å². The average molecular weight is 617 g/mol. The maximum atomic E-state index is 5.24. The molecule has 8 aromatic rings. The summed E-state index contributed by atoms with van der Waals surface area (Å²) in [6.45, 7) is 6.32. The third kappa shape index (κ3) is 5.29. The van der Waals surface area contributed by atoms with Crippen molar-refractivity contribution < 1.29 is 0 Å². The number of fused-ring (bicyclic) bond motifs is 5. The molecule has 0 fully saturated rings. The van der Waals surface area contributed by atoms with Crippen LogP contribution >= 0.6 is 0 Å². The van der Waals surface area contributed by atoms with Crippen molar-refractivity contribution in [1.29, 1.82) is 0 Å². The third-order valence-electron chi connectivity index (χ3n) is 8.76. The van der Waals surface area contributed by atoms with Gasteiger partial charge in [-0.2, -0.15) is 0 Å². The fraction of sp³-hybridized carbons (Fsp3) is 0.0227. The fourth-order valence-electron chi connectivity index (χ4n) is 6.41. The van der Waals surface area contributed by atoms with Gasteiger partial charge in [-0.05, 0) is 47.4 Å². The zero-order valence-corrected chi connectivity index (χ0v) is 26.6. The lowest BCUT2D eigenvalue weighted by molar-refractivity contribution is 1.30. The number of imidazole rings is 1. The van der Waals surface area contributed by atoms with Gasteiger partial charge in [0.25, 0.3) is 0 Å². The lowest BCUT2D eigenvalue weighted by atomic mass is 9.91. The largest absolute Gasteiger partial charge is 0.292 e. The molecule has 8 rings (SSSR count). The van der Waals surface area contributed by atoms with Crippen LogP contribution in [0.5, 0.6) is 0 Å². The molecule has 0 saturated carbocycles. The van der Waals surface area contributed by atoms with Crippen molar-refractivity contribution in [1.82, 2.24) is 9.38 Å². The molecule has 0 saturated heterocycles. The van der Waals surface area contributed by atoms with Crippen LogP contribution in [-0.2, 0) is 0 Å². The number of nitrogens with zero attached hydrogens (tertiary/aromatic N) is 4. The summed E-state index contributed by atoms with van der Waals surface area (Å²) >= 11 is 0. The first-order chi connectivity index (χ1) is 23.7. The summed E-state index contributed by atoms with van der Waals surface area (Å²) in [5.41, 5.74) is 13.0. The predicted molar refractivity (Wildman–Crippen MR) is 202 cm³/mol. The molecule has 0 atom stereocenters. The summed E-state index contributed by atoms with van der Waals surface area (Å²) in [5, 5.41) is 1.17. The van der Waals surface area contributed by atoms with Crippen LogP contribution in [0.15, 0.2) is 180 Å². The van der Waals surface area contributed by atoms with E-state index in [2.05, 4.69) is 120 Å². The zero-order chi connectivity index (χ0) is 32.5. The van der Waals surface area contributed by atoms with E-state index in [-0.39, 0.29) is 0 Å². The van der Waals surface area contributed by atoms with Gasteiger partial charge in [0.15, 0.2) is 5.84 Å². The van der Waals surface area contributed by atoms with Crippen LogP contribution in [0.3, 0.4) is 0 Å². The highest BCUT2D eigenvalue weighted by atomic mass is 15.0. The molecule has 0 aliphatic rings. The summed E-state index contributed by atoms with van der Waals surface area (Å²) in [4.78, 5) is 15.3. The molecular weight excluding hydrogens is 585 g/mol. The maximum absolute atomic E-state index is 5.24. The molecule has 0 radical (unpaired) electrons. The summed E-state index contributed by atoms with van der Waals surface area (Å²) in [6.07, 6.45) is 0. The van der Waals surface area contributed by atoms with E-state index in [1.807, 2.05) is 61.5 Å². The Balaban J connectivity index is 1.34. The molecule has 228 valence electrons. The second-order valence-corrected chi connectivity index (χ2v) is 11.8. The number of pyridine rings is 1. The molecule has 0 amide bonds. The minimum Gasteiger partial charge on any atom is -0.292 e. The van der Waals surface area contributed by atoms with Gasteiger partial charge >= 0.3 is 0 Å². The topological polar surface area (TPSA) is 42.0 Å². The highest BCUT2D eigenvalue weighted by Crippen LogP contribution is 2.42. The number of aromatic nitrogens is 2. The molecular formula is C44H32N4. The van der Waals surface area contributed by atoms with Crippen LogP contribution in [0, 0.1) is 0 Å². The number of amidine groups is 1. The lowest BCUT2D eigenvalue weighted by Crippen LogP contribution is -2.04. The highest BCUT2D eigenvalue weighted by molar-refractivity contribution is 6.13. The average Bonchev–Trinajstić information content (AvgIpc) is 3.55. The molecule has 4 heteroatoms. The smallest absolute Gasteiger partial charge is 0.160 e. The lowest BCUT2D eigenvalue weighted by Gasteiger charge is -2.17. The van der Waals surface area contributed by atoms with Gasteiger partial charge in [0.2, 0.25) is 0 Å². The van der Waals surface area contributed by atoms with Crippen molar-refractivity contribution in [3.8, 4) is 22.3 Å². The summed E-state index contributed by atoms with van der Waals surface area (Å²) < 4.78 is 2.30. The van der Waals surface area contributed by atoms with Gasteiger partial charge in [-0.1, -0.05) is 152 Å². The second kappa shape index (κ2) is 12.4. The highest BCUT2D eigenvalue weighted by Gasteiger charge is 2.21. The molecule has 48 heavy (non-hydrogen) atoms. The van der Waals surface area contributed by atoms with Gasteiger partial charge in [-0.3, -0.25) is 4.40 Å². The van der Waals surface area contributed by atoms with E-state index in [1.54, 1.807) is 0 Å². The van der Waals surface area contributed by atoms with Crippen LogP contribution in [-0.4, -0.2) is 20.9 Å². The van der Waals surface area contributed by atoms with Crippen molar-refractivity contribution in [2.24, 2.45) is 9.98 Å². The summed E-state index contributed by atoms with van der Waals surface area (Å²) in [7, 11) is 0. The monoisotopic (exact) mass is 616 g/mol. The Labute approximate surface area is 279 Å². The third-order valence-corrected chi connectivity index (χ3v) is 8.76. The van der Waals surface area contributed by atoms with E-state index in [4.69, 9.17) is 15.0 Å². The van der Waals surface area contributed by atoms with Crippen molar-refractivity contribution in [2.45, 2.75) is 6.92 Å². The van der Waals surface area contributed by atoms with Crippen LogP contribution in [0.1, 0.15) is 23.6 Å². The first kappa shape index (κ1) is 29.0. The standard InChI is InChI=1S/C44H32N4/c1-30(32-16-6-3-7-17-32)45-43(46-31(2)33-18-8-4-9-19-33)36-28-26-35(27-29-36)42-41(34-20-10-5-11-21-34)37-22-12-14-24-39(37)48-40-25-15-13-23-38(40)47-44(42)48/h3-29H,1H2,2H3. The SMILES string of the molecule is C=C(N=C(N=C(C)c1ccccc1)c1ccc(-c2c(-c3ccccc3)c3ccccc3n3c2nc2ccccc23)cc1)c1ccccc1. The Morgan fingerprint density at radius 1 is 0.521 bits per heavy atom. The predicted octanol–water partition coefficient (Wildman–Crippen LogP) is 10.9. The van der Waals surface area contributed by atoms with Crippen molar-refractivity contribution in [3.63, 3.8) is 0 Å². The van der Waals surface area contributed by atoms with Crippen LogP contribution < -0.4 is 0 Å². The quantitative estimate of drug-likeness (QED) is 0.135. The fourth-order valence-corrected chi connectivity index (χ4v) is 6.41. The number of benzene rings is 6. The number of rotatable bonds is 6. The van der Waals surface area contributed by atoms with Crippen molar-refractivity contribution in [3.05, 3.63) is 187 Å². The Hall–Kier alpha value is -6.39. The normalized spacial score (nSPS) is 12.2. The second-order valence-electron chi connectivity index (χ2n) is 11.8. The van der Waals surface area contributed by atoms with Gasteiger partial charge in [0.1, 0.15) is 5.65 Å².